The number of aromatic amines is 1. The Morgan fingerprint density at radius 1 is 1.33 bits per heavy atom. The van der Waals surface area contributed by atoms with Gasteiger partial charge in [-0.15, -0.1) is 0 Å². The van der Waals surface area contributed by atoms with Crippen LogP contribution in [0.3, 0.4) is 0 Å². The minimum Gasteiger partial charge on any atom is -0.379 e. The highest BCUT2D eigenvalue weighted by molar-refractivity contribution is 7.08. The Balaban J connectivity index is 0.000000301. The smallest absolute Gasteiger partial charge is 0.260 e. The van der Waals surface area contributed by atoms with E-state index in [9.17, 15) is 9.59 Å². The van der Waals surface area contributed by atoms with Gasteiger partial charge in [0.05, 0.1) is 11.3 Å². The molecule has 0 aromatic carbocycles. The second-order valence-electron chi connectivity index (χ2n) is 6.55. The third-order valence-electron chi connectivity index (χ3n) is 3.68. The van der Waals surface area contributed by atoms with Gasteiger partial charge in [0.25, 0.3) is 5.56 Å². The third kappa shape index (κ3) is 5.04. The molecule has 1 aliphatic heterocycles. The lowest BCUT2D eigenvalue weighted by atomic mass is 10.2. The molecule has 1 N–H and O–H groups in total. The van der Waals surface area contributed by atoms with Crippen molar-refractivity contribution in [3.05, 3.63) is 33.9 Å². The number of carbonyl (C=O) groups excluding carboxylic acids is 1. The number of aromatic nitrogens is 3. The van der Waals surface area contributed by atoms with Crippen molar-refractivity contribution < 1.29 is 9.53 Å². The fourth-order valence-electron chi connectivity index (χ4n) is 2.09. The molecule has 1 aliphatic rings. The fourth-order valence-corrected chi connectivity index (χ4v) is 2.71. The molecule has 0 radical (unpaired) electrons. The summed E-state index contributed by atoms with van der Waals surface area (Å²) in [5.74, 6) is 0. The molecule has 1 amide bonds. The molecule has 2 aromatic rings. The number of fused-ring (bicyclic) bond motifs is 1. The molecular formula is C16H24N4O3S. The SMILES string of the molecule is COC(C)(C)C.O=CN1CCc2cn(-c3cc(=O)[nH]s3)nc2CC1. The Kier molecular flexibility index (Phi) is 5.95. The number of carbonyl (C=O) groups is 1. The average molecular weight is 352 g/mol. The predicted octanol–water partition coefficient (Wildman–Crippen LogP) is 1.61. The number of nitrogens with one attached hydrogen (secondary N) is 1. The Morgan fingerprint density at radius 3 is 2.54 bits per heavy atom. The molecule has 3 heterocycles. The van der Waals surface area contributed by atoms with Gasteiger partial charge < -0.3 is 9.64 Å². The molecule has 132 valence electrons. The number of nitrogens with zero attached hydrogens (tertiary/aromatic N) is 3. The molecule has 0 unspecified atom stereocenters. The van der Waals surface area contributed by atoms with Crippen LogP contribution in [0.5, 0.6) is 0 Å². The zero-order chi connectivity index (χ0) is 17.7. The highest BCUT2D eigenvalue weighted by Gasteiger charge is 2.17. The minimum absolute atomic E-state index is 0.0417. The lowest BCUT2D eigenvalue weighted by Crippen LogP contribution is -2.24. The van der Waals surface area contributed by atoms with Crippen LogP contribution in [0.25, 0.3) is 5.00 Å². The molecule has 0 bridgehead atoms. The summed E-state index contributed by atoms with van der Waals surface area (Å²) in [5.41, 5.74) is 2.10. The van der Waals surface area contributed by atoms with E-state index in [0.717, 1.165) is 42.1 Å². The van der Waals surface area contributed by atoms with E-state index < -0.39 is 0 Å². The van der Waals surface area contributed by atoms with Crippen molar-refractivity contribution in [3.8, 4) is 5.00 Å². The van der Waals surface area contributed by atoms with Gasteiger partial charge in [-0.25, -0.2) is 4.68 Å². The van der Waals surface area contributed by atoms with Gasteiger partial charge in [0, 0.05) is 38.9 Å². The van der Waals surface area contributed by atoms with Gasteiger partial charge in [0.15, 0.2) is 0 Å². The van der Waals surface area contributed by atoms with E-state index in [-0.39, 0.29) is 11.2 Å². The van der Waals surface area contributed by atoms with Crippen LogP contribution in [0.15, 0.2) is 17.1 Å². The first kappa shape index (κ1) is 18.4. The highest BCUT2D eigenvalue weighted by Crippen LogP contribution is 2.17. The standard InChI is InChI=1S/C11H12N4O2S.C5H12O/c16-7-14-3-1-8-6-15(12-9(8)2-4-14)11-5-10(17)13-18-11;1-5(2,3)6-4/h5-7H,1-4H2,(H,13,17);1-4H3. The maximum Gasteiger partial charge on any atom is 0.260 e. The predicted molar refractivity (Wildman–Crippen MR) is 93.9 cm³/mol. The largest absolute Gasteiger partial charge is 0.379 e. The summed E-state index contributed by atoms with van der Waals surface area (Å²) in [6.07, 6.45) is 4.41. The van der Waals surface area contributed by atoms with E-state index in [2.05, 4.69) is 9.47 Å². The number of amides is 1. The second-order valence-corrected chi connectivity index (χ2v) is 7.38. The highest BCUT2D eigenvalue weighted by atomic mass is 32.1. The zero-order valence-electron chi connectivity index (χ0n) is 14.5. The van der Waals surface area contributed by atoms with Gasteiger partial charge >= 0.3 is 0 Å². The quantitative estimate of drug-likeness (QED) is 0.833. The van der Waals surface area contributed by atoms with Crippen LogP contribution < -0.4 is 5.56 Å². The van der Waals surface area contributed by atoms with Gasteiger partial charge in [0.1, 0.15) is 5.00 Å². The number of methoxy groups -OCH3 is 1. The molecular weight excluding hydrogens is 328 g/mol. The van der Waals surface area contributed by atoms with E-state index in [1.54, 1.807) is 16.7 Å². The molecule has 0 saturated carbocycles. The van der Waals surface area contributed by atoms with Crippen molar-refractivity contribution in [2.45, 2.75) is 39.2 Å². The number of hydrogen-bond acceptors (Lipinski definition) is 5. The number of hydrogen-bond donors (Lipinski definition) is 1. The molecule has 0 spiro atoms. The Morgan fingerprint density at radius 2 is 2.00 bits per heavy atom. The summed E-state index contributed by atoms with van der Waals surface area (Å²) >= 11 is 1.27. The molecule has 3 rings (SSSR count). The van der Waals surface area contributed by atoms with Crippen LogP contribution in [0, 0.1) is 0 Å². The minimum atomic E-state index is -0.104. The van der Waals surface area contributed by atoms with Crippen LogP contribution in [0.1, 0.15) is 32.0 Å². The summed E-state index contributed by atoms with van der Waals surface area (Å²) in [6.45, 7) is 7.50. The van der Waals surface area contributed by atoms with E-state index in [1.165, 1.54) is 17.6 Å². The monoisotopic (exact) mass is 352 g/mol. The summed E-state index contributed by atoms with van der Waals surface area (Å²) in [5, 5.41) is 5.28. The van der Waals surface area contributed by atoms with Crippen molar-refractivity contribution in [1.82, 2.24) is 19.1 Å². The molecule has 0 atom stereocenters. The lowest BCUT2D eigenvalue weighted by molar-refractivity contribution is -0.118. The van der Waals surface area contributed by atoms with E-state index in [1.807, 2.05) is 27.0 Å². The third-order valence-corrected chi connectivity index (χ3v) is 4.50. The molecule has 24 heavy (non-hydrogen) atoms. The zero-order valence-corrected chi connectivity index (χ0v) is 15.4. The Bertz CT molecular complexity index is 701. The summed E-state index contributed by atoms with van der Waals surface area (Å²) in [7, 11) is 1.71. The number of H-pyrrole nitrogens is 1. The Hall–Kier alpha value is -1.93. The van der Waals surface area contributed by atoms with E-state index in [4.69, 9.17) is 4.74 Å². The normalized spacial score (nSPS) is 14.4. The van der Waals surface area contributed by atoms with Crippen molar-refractivity contribution in [1.29, 1.82) is 0 Å². The van der Waals surface area contributed by atoms with Crippen LogP contribution in [0.4, 0.5) is 0 Å². The average Bonchev–Trinajstić information content (AvgIpc) is 3.09. The fraction of sp³-hybridized carbons (Fsp3) is 0.562. The van der Waals surface area contributed by atoms with Crippen molar-refractivity contribution in [2.75, 3.05) is 20.2 Å². The van der Waals surface area contributed by atoms with E-state index in [0.29, 0.717) is 6.54 Å². The first-order valence-electron chi connectivity index (χ1n) is 7.83. The van der Waals surface area contributed by atoms with Gasteiger partial charge in [-0.05, 0) is 44.3 Å². The van der Waals surface area contributed by atoms with Crippen LogP contribution >= 0.6 is 11.5 Å². The van der Waals surface area contributed by atoms with Crippen LogP contribution in [-0.4, -0.2) is 51.3 Å². The van der Waals surface area contributed by atoms with Crippen LogP contribution in [-0.2, 0) is 22.4 Å². The summed E-state index contributed by atoms with van der Waals surface area (Å²) in [4.78, 5) is 23.6. The number of rotatable bonds is 2. The molecule has 0 fully saturated rings. The molecule has 0 aliphatic carbocycles. The summed E-state index contributed by atoms with van der Waals surface area (Å²) < 4.78 is 9.32. The molecule has 7 nitrogen and oxygen atoms in total. The maximum atomic E-state index is 11.1. The maximum absolute atomic E-state index is 11.1. The molecule has 0 saturated heterocycles. The molecule has 8 heteroatoms. The van der Waals surface area contributed by atoms with Gasteiger partial charge in [0.2, 0.25) is 6.41 Å². The topological polar surface area (TPSA) is 80.2 Å². The van der Waals surface area contributed by atoms with Crippen LogP contribution in [0.2, 0.25) is 0 Å². The van der Waals surface area contributed by atoms with Gasteiger partial charge in [-0.1, -0.05) is 0 Å². The lowest BCUT2D eigenvalue weighted by Gasteiger charge is -2.14. The van der Waals surface area contributed by atoms with Crippen molar-refractivity contribution in [3.63, 3.8) is 0 Å². The second kappa shape index (κ2) is 7.76. The van der Waals surface area contributed by atoms with Crippen molar-refractivity contribution in [2.24, 2.45) is 0 Å². The summed E-state index contributed by atoms with van der Waals surface area (Å²) in [6, 6.07) is 1.54. The van der Waals surface area contributed by atoms with Gasteiger partial charge in [-0.2, -0.15) is 5.10 Å². The number of ether oxygens (including phenoxy) is 1. The first-order valence-corrected chi connectivity index (χ1v) is 8.65. The Labute approximate surface area is 145 Å². The van der Waals surface area contributed by atoms with Crippen molar-refractivity contribution >= 4 is 17.9 Å². The van der Waals surface area contributed by atoms with Gasteiger partial charge in [-0.3, -0.25) is 14.0 Å². The van der Waals surface area contributed by atoms with E-state index >= 15 is 0 Å². The molecule has 2 aromatic heterocycles. The first-order chi connectivity index (χ1) is 11.3.